The van der Waals surface area contributed by atoms with Crippen molar-refractivity contribution >= 4 is 39.7 Å². The number of fused-ring (bicyclic) bond motifs is 2. The molecule has 1 saturated heterocycles. The number of nitrogens with two attached hydrogens (primary N) is 1. The molecule has 1 amide bonds. The highest BCUT2D eigenvalue weighted by Crippen LogP contribution is 2.44. The summed E-state index contributed by atoms with van der Waals surface area (Å²) in [6.07, 6.45) is 3.59. The van der Waals surface area contributed by atoms with Gasteiger partial charge in [-0.25, -0.2) is 9.78 Å². The Labute approximate surface area is 152 Å². The third kappa shape index (κ3) is 2.82. The second kappa shape index (κ2) is 6.08. The fraction of sp³-hybridized carbons (Fsp3) is 0.438. The van der Waals surface area contributed by atoms with Crippen LogP contribution in [0.2, 0.25) is 0 Å². The smallest absolute Gasteiger partial charge is 0.345 e. The van der Waals surface area contributed by atoms with Crippen LogP contribution >= 0.6 is 22.7 Å². The lowest BCUT2D eigenvalue weighted by Crippen LogP contribution is -2.48. The molecular formula is C16H17N3O4S2. The molecule has 4 heterocycles. The van der Waals surface area contributed by atoms with Gasteiger partial charge in [-0.1, -0.05) is 11.3 Å². The van der Waals surface area contributed by atoms with Crippen LogP contribution in [0.4, 0.5) is 5.13 Å². The number of amides is 1. The predicted octanol–water partition coefficient (Wildman–Crippen LogP) is 2.19. The van der Waals surface area contributed by atoms with Gasteiger partial charge in [0.25, 0.3) is 5.91 Å². The normalized spacial score (nSPS) is 19.0. The molecule has 0 radical (unpaired) electrons. The first-order valence-electron chi connectivity index (χ1n) is 7.99. The van der Waals surface area contributed by atoms with Crippen molar-refractivity contribution in [1.82, 2.24) is 9.88 Å². The van der Waals surface area contributed by atoms with Crippen molar-refractivity contribution in [3.8, 4) is 0 Å². The number of thiazole rings is 1. The Balaban J connectivity index is 1.54. The van der Waals surface area contributed by atoms with Gasteiger partial charge in [-0.3, -0.25) is 4.79 Å². The van der Waals surface area contributed by atoms with E-state index in [0.29, 0.717) is 47.4 Å². The molecule has 0 unspecified atom stereocenters. The van der Waals surface area contributed by atoms with E-state index in [1.54, 1.807) is 11.0 Å². The average Bonchev–Trinajstić information content (AvgIpc) is 3.22. The lowest BCUT2D eigenvalue weighted by molar-refractivity contribution is -0.0926. The number of piperidine rings is 1. The second-order valence-electron chi connectivity index (χ2n) is 6.20. The molecule has 1 fully saturated rings. The van der Waals surface area contributed by atoms with Crippen molar-refractivity contribution in [2.24, 2.45) is 0 Å². The van der Waals surface area contributed by atoms with E-state index in [2.05, 4.69) is 4.98 Å². The lowest BCUT2D eigenvalue weighted by atomic mass is 9.82. The lowest BCUT2D eigenvalue weighted by Gasteiger charge is -2.43. The number of ether oxygens (including phenoxy) is 1. The van der Waals surface area contributed by atoms with Gasteiger partial charge in [0.05, 0.1) is 18.4 Å². The van der Waals surface area contributed by atoms with Crippen LogP contribution in [0.5, 0.6) is 0 Å². The number of carboxylic acid groups (broad SMARTS) is 1. The molecule has 0 aromatic carbocycles. The second-order valence-corrected chi connectivity index (χ2v) is 8.40. The fourth-order valence-corrected chi connectivity index (χ4v) is 5.27. The molecule has 132 valence electrons. The summed E-state index contributed by atoms with van der Waals surface area (Å²) in [6, 6.07) is 1.75. The molecule has 0 bridgehead atoms. The van der Waals surface area contributed by atoms with Crippen molar-refractivity contribution in [2.45, 2.75) is 24.9 Å². The zero-order valence-electron chi connectivity index (χ0n) is 13.4. The van der Waals surface area contributed by atoms with Crippen LogP contribution in [-0.4, -0.2) is 46.6 Å². The van der Waals surface area contributed by atoms with Gasteiger partial charge in [0.1, 0.15) is 9.75 Å². The first-order valence-corrected chi connectivity index (χ1v) is 9.63. The molecule has 2 aliphatic heterocycles. The number of aromatic carboxylic acids is 1. The number of nitrogen functional groups attached to an aromatic ring is 1. The quantitative estimate of drug-likeness (QED) is 0.828. The average molecular weight is 379 g/mol. The van der Waals surface area contributed by atoms with Crippen molar-refractivity contribution in [1.29, 1.82) is 0 Å². The van der Waals surface area contributed by atoms with E-state index in [-0.39, 0.29) is 5.91 Å². The van der Waals surface area contributed by atoms with Crippen LogP contribution in [0.25, 0.3) is 0 Å². The van der Waals surface area contributed by atoms with Crippen LogP contribution in [0.1, 0.15) is 42.6 Å². The van der Waals surface area contributed by atoms with Crippen LogP contribution in [0, 0.1) is 0 Å². The van der Waals surface area contributed by atoms with E-state index >= 15 is 0 Å². The minimum atomic E-state index is -0.898. The highest BCUT2D eigenvalue weighted by molar-refractivity contribution is 7.17. The number of anilines is 1. The maximum Gasteiger partial charge on any atom is 0.345 e. The zero-order chi connectivity index (χ0) is 17.6. The molecule has 9 heteroatoms. The van der Waals surface area contributed by atoms with E-state index in [0.717, 1.165) is 16.9 Å². The van der Waals surface area contributed by atoms with Crippen molar-refractivity contribution in [3.63, 3.8) is 0 Å². The number of carbonyl (C=O) groups excluding carboxylic acids is 1. The van der Waals surface area contributed by atoms with Gasteiger partial charge in [-0.2, -0.15) is 0 Å². The van der Waals surface area contributed by atoms with Gasteiger partial charge in [0, 0.05) is 24.4 Å². The van der Waals surface area contributed by atoms with Gasteiger partial charge >= 0.3 is 5.97 Å². The summed E-state index contributed by atoms with van der Waals surface area (Å²) >= 11 is 2.53. The Kier molecular flexibility index (Phi) is 4.01. The molecular weight excluding hydrogens is 362 g/mol. The molecule has 2 aromatic rings. The Morgan fingerprint density at radius 2 is 2.04 bits per heavy atom. The van der Waals surface area contributed by atoms with E-state index in [9.17, 15) is 14.7 Å². The molecule has 7 nitrogen and oxygen atoms in total. The SMILES string of the molecule is Nc1ncc(C(=O)N2CCC3(CC2)OCCc2sc(C(=O)O)cc23)s1. The van der Waals surface area contributed by atoms with E-state index in [4.69, 9.17) is 10.5 Å². The van der Waals surface area contributed by atoms with Crippen molar-refractivity contribution in [2.75, 3.05) is 25.4 Å². The number of carbonyl (C=O) groups is 2. The first kappa shape index (κ1) is 16.5. The summed E-state index contributed by atoms with van der Waals surface area (Å²) in [5.74, 6) is -0.957. The first-order chi connectivity index (χ1) is 12.0. The van der Waals surface area contributed by atoms with Gasteiger partial charge in [-0.05, 0) is 24.5 Å². The molecule has 2 aliphatic rings. The Hall–Kier alpha value is -1.97. The van der Waals surface area contributed by atoms with Gasteiger partial charge in [0.2, 0.25) is 0 Å². The maximum absolute atomic E-state index is 12.5. The van der Waals surface area contributed by atoms with Gasteiger partial charge in [-0.15, -0.1) is 11.3 Å². The molecule has 2 aromatic heterocycles. The third-order valence-corrected chi connectivity index (χ3v) is 6.81. The molecule has 25 heavy (non-hydrogen) atoms. The number of hydrogen-bond acceptors (Lipinski definition) is 7. The number of carboxylic acids is 1. The molecule has 4 rings (SSSR count). The number of aromatic nitrogens is 1. The van der Waals surface area contributed by atoms with Crippen LogP contribution in [0.3, 0.4) is 0 Å². The topological polar surface area (TPSA) is 106 Å². The summed E-state index contributed by atoms with van der Waals surface area (Å²) in [5.41, 5.74) is 6.13. The highest BCUT2D eigenvalue weighted by Gasteiger charge is 2.43. The third-order valence-electron chi connectivity index (χ3n) is 4.81. The predicted molar refractivity (Wildman–Crippen MR) is 94.3 cm³/mol. The van der Waals surface area contributed by atoms with E-state index in [1.807, 2.05) is 0 Å². The Bertz CT molecular complexity index is 836. The molecule has 3 N–H and O–H groups in total. The minimum absolute atomic E-state index is 0.0587. The Morgan fingerprint density at radius 1 is 1.28 bits per heavy atom. The van der Waals surface area contributed by atoms with E-state index < -0.39 is 11.6 Å². The number of hydrogen-bond donors (Lipinski definition) is 2. The van der Waals surface area contributed by atoms with Crippen LogP contribution < -0.4 is 5.73 Å². The van der Waals surface area contributed by atoms with Crippen molar-refractivity contribution in [3.05, 3.63) is 32.5 Å². The Morgan fingerprint density at radius 3 is 2.68 bits per heavy atom. The maximum atomic E-state index is 12.5. The van der Waals surface area contributed by atoms with Crippen LogP contribution in [0.15, 0.2) is 12.3 Å². The molecule has 0 saturated carbocycles. The largest absolute Gasteiger partial charge is 0.477 e. The molecule has 1 spiro atoms. The minimum Gasteiger partial charge on any atom is -0.477 e. The van der Waals surface area contributed by atoms with Gasteiger partial charge < -0.3 is 20.5 Å². The number of nitrogens with zero attached hydrogens (tertiary/aromatic N) is 2. The zero-order valence-corrected chi connectivity index (χ0v) is 15.0. The molecule has 0 atom stereocenters. The summed E-state index contributed by atoms with van der Waals surface area (Å²) in [4.78, 5) is 31.6. The standard InChI is InChI=1S/C16H17N3O4S2/c17-15-18-8-12(25-15)13(20)19-4-2-16(3-5-19)9-7-11(14(21)22)24-10(9)1-6-23-16/h7-8H,1-6H2,(H2,17,18)(H,21,22). The monoisotopic (exact) mass is 379 g/mol. The number of likely N-dealkylation sites (tertiary alicyclic amines) is 1. The molecule has 0 aliphatic carbocycles. The van der Waals surface area contributed by atoms with Crippen molar-refractivity contribution < 1.29 is 19.4 Å². The van der Waals surface area contributed by atoms with Crippen LogP contribution in [-0.2, 0) is 16.8 Å². The summed E-state index contributed by atoms with van der Waals surface area (Å²) < 4.78 is 6.11. The summed E-state index contributed by atoms with van der Waals surface area (Å²) in [7, 11) is 0. The number of rotatable bonds is 2. The van der Waals surface area contributed by atoms with Gasteiger partial charge in [0.15, 0.2) is 5.13 Å². The fourth-order valence-electron chi connectivity index (χ4n) is 3.55. The summed E-state index contributed by atoms with van der Waals surface area (Å²) in [6.45, 7) is 1.72. The highest BCUT2D eigenvalue weighted by atomic mass is 32.1. The number of thiophene rings is 1. The summed E-state index contributed by atoms with van der Waals surface area (Å²) in [5, 5.41) is 9.65. The van der Waals surface area contributed by atoms with E-state index in [1.165, 1.54) is 28.9 Å².